The molecule has 18 nitrogen and oxygen atoms in total. The first-order valence-electron chi connectivity index (χ1n) is 18.2. The van der Waals surface area contributed by atoms with E-state index in [9.17, 15) is 19.8 Å². The number of carboxylic acid groups (broad SMARTS) is 1. The van der Waals surface area contributed by atoms with Gasteiger partial charge in [-0.2, -0.15) is 0 Å². The lowest BCUT2D eigenvalue weighted by Gasteiger charge is -2.36. The summed E-state index contributed by atoms with van der Waals surface area (Å²) < 4.78 is 45.3. The van der Waals surface area contributed by atoms with E-state index in [-0.39, 0.29) is 42.6 Å². The van der Waals surface area contributed by atoms with Crippen LogP contribution in [-0.2, 0) is 43.6 Å². The van der Waals surface area contributed by atoms with Gasteiger partial charge in [-0.05, 0) is 54.1 Å². The molecule has 19 heteroatoms. The number of phenolic OH excluding ortho intramolecular Hbond substituents is 2. The first kappa shape index (κ1) is 42.9. The van der Waals surface area contributed by atoms with Gasteiger partial charge in [-0.25, -0.2) is 4.79 Å². The van der Waals surface area contributed by atoms with Crippen LogP contribution in [0.4, 0.5) is 5.69 Å². The SMILES string of the molecule is [N-]=[N+]=NCCOCCOCCN(CCOCCOCCOCCOCCC(=O)O)C(=S)Nc1ccc2c(c1)C(=O)OC21c2ccc(O)cc2Oc2cc(O)ccc21. The number of nitrogens with one attached hydrogen (secondary N) is 1. The standard InChI is InChI=1S/C38H45N5O13S/c39-42-40-8-12-50-16-17-51-13-9-43(10-14-52-18-20-54-22-21-53-19-15-49-11-7-35(46)47)37(57)41-26-1-4-30-29(23-26)36(48)56-38(30)31-5-2-27(44)24-33(31)55-34-25-28(45)3-6-32(34)38/h1-6,23-25,44-45H,7-22H2,(H,41,57)(H,46,47). The van der Waals surface area contributed by atoms with Crippen molar-refractivity contribution in [3.8, 4) is 23.0 Å². The van der Waals surface area contributed by atoms with E-state index in [1.54, 1.807) is 30.3 Å². The lowest BCUT2D eigenvalue weighted by atomic mass is 9.77. The Balaban J connectivity index is 1.17. The van der Waals surface area contributed by atoms with Crippen LogP contribution in [0.3, 0.4) is 0 Å². The molecule has 2 aliphatic rings. The number of nitrogens with zero attached hydrogens (tertiary/aromatic N) is 4. The van der Waals surface area contributed by atoms with Crippen molar-refractivity contribution in [2.24, 2.45) is 5.11 Å². The second kappa shape index (κ2) is 21.9. The molecule has 57 heavy (non-hydrogen) atoms. The van der Waals surface area contributed by atoms with E-state index in [0.29, 0.717) is 119 Å². The van der Waals surface area contributed by atoms with E-state index < -0.39 is 17.5 Å². The summed E-state index contributed by atoms with van der Waals surface area (Å²) in [6.07, 6.45) is -0.0482. The minimum Gasteiger partial charge on any atom is -0.508 e. The van der Waals surface area contributed by atoms with E-state index in [1.165, 1.54) is 24.3 Å². The molecule has 0 bridgehead atoms. The number of anilines is 1. The number of hydrogen-bond donors (Lipinski definition) is 4. The number of thiocarbonyl (C=S) groups is 1. The smallest absolute Gasteiger partial charge is 0.340 e. The van der Waals surface area contributed by atoms with Crippen LogP contribution in [-0.4, -0.2) is 136 Å². The summed E-state index contributed by atoms with van der Waals surface area (Å²) in [6.45, 7) is 4.83. The van der Waals surface area contributed by atoms with Gasteiger partial charge in [0.25, 0.3) is 0 Å². The Morgan fingerprint density at radius 3 is 1.81 bits per heavy atom. The van der Waals surface area contributed by atoms with Gasteiger partial charge < -0.3 is 63.4 Å². The summed E-state index contributed by atoms with van der Waals surface area (Å²) in [5.41, 5.74) is 9.43. The molecule has 0 saturated carbocycles. The molecule has 3 aromatic carbocycles. The van der Waals surface area contributed by atoms with Crippen molar-refractivity contribution in [3.63, 3.8) is 0 Å². The maximum Gasteiger partial charge on any atom is 0.340 e. The number of esters is 1. The highest BCUT2D eigenvalue weighted by Gasteiger charge is 2.53. The number of carboxylic acids is 1. The number of carbonyl (C=O) groups excluding carboxylic acids is 1. The van der Waals surface area contributed by atoms with E-state index >= 15 is 0 Å². The van der Waals surface area contributed by atoms with Gasteiger partial charge in [-0.15, -0.1) is 0 Å². The van der Waals surface area contributed by atoms with Gasteiger partial charge >= 0.3 is 11.9 Å². The van der Waals surface area contributed by atoms with E-state index in [1.807, 2.05) is 4.90 Å². The average molecular weight is 812 g/mol. The third kappa shape index (κ3) is 11.9. The Kier molecular flexibility index (Phi) is 16.5. The van der Waals surface area contributed by atoms with Crippen molar-refractivity contribution in [2.75, 3.05) is 104 Å². The quantitative estimate of drug-likeness (QED) is 0.0230. The molecule has 1 spiro atoms. The number of hydrogen-bond acceptors (Lipinski definition) is 14. The molecule has 0 aliphatic carbocycles. The fourth-order valence-electron chi connectivity index (χ4n) is 6.04. The fourth-order valence-corrected chi connectivity index (χ4v) is 6.34. The summed E-state index contributed by atoms with van der Waals surface area (Å²) in [4.78, 5) is 28.7. The average Bonchev–Trinajstić information content (AvgIpc) is 3.47. The summed E-state index contributed by atoms with van der Waals surface area (Å²) in [5, 5.41) is 36.0. The number of rotatable bonds is 25. The van der Waals surface area contributed by atoms with Crippen molar-refractivity contribution >= 4 is 35.0 Å². The van der Waals surface area contributed by atoms with Gasteiger partial charge in [0.15, 0.2) is 10.7 Å². The molecule has 0 fully saturated rings. The number of aliphatic carboxylic acids is 1. The number of aromatic hydroxyl groups is 2. The minimum atomic E-state index is -1.39. The normalized spacial score (nSPS) is 13.2. The molecule has 5 rings (SSSR count). The Morgan fingerprint density at radius 2 is 1.26 bits per heavy atom. The molecule has 2 heterocycles. The zero-order valence-electron chi connectivity index (χ0n) is 31.1. The van der Waals surface area contributed by atoms with Crippen LogP contribution < -0.4 is 10.1 Å². The lowest BCUT2D eigenvalue weighted by molar-refractivity contribution is -0.138. The third-order valence-corrected chi connectivity index (χ3v) is 9.03. The Morgan fingerprint density at radius 1 is 0.754 bits per heavy atom. The zero-order valence-corrected chi connectivity index (χ0v) is 31.9. The molecule has 0 aromatic heterocycles. The van der Waals surface area contributed by atoms with Gasteiger partial charge in [0.05, 0.1) is 91.3 Å². The highest BCUT2D eigenvalue weighted by atomic mass is 32.1. The highest BCUT2D eigenvalue weighted by molar-refractivity contribution is 7.80. The fraction of sp³-hybridized carbons (Fsp3) is 0.447. The Labute approximate surface area is 333 Å². The van der Waals surface area contributed by atoms with Crippen LogP contribution in [0.2, 0.25) is 0 Å². The predicted octanol–water partition coefficient (Wildman–Crippen LogP) is 4.55. The van der Waals surface area contributed by atoms with Gasteiger partial charge in [0.2, 0.25) is 0 Å². The largest absolute Gasteiger partial charge is 0.508 e. The summed E-state index contributed by atoms with van der Waals surface area (Å²) in [5.74, 6) is -0.987. The van der Waals surface area contributed by atoms with Crippen LogP contribution in [0.5, 0.6) is 23.0 Å². The molecule has 4 N–H and O–H groups in total. The molecule has 306 valence electrons. The molecule has 0 radical (unpaired) electrons. The number of azide groups is 1. The molecule has 0 unspecified atom stereocenters. The van der Waals surface area contributed by atoms with E-state index in [0.717, 1.165) is 0 Å². The van der Waals surface area contributed by atoms with Crippen LogP contribution in [0.25, 0.3) is 10.4 Å². The second-order valence-electron chi connectivity index (χ2n) is 12.5. The zero-order chi connectivity index (χ0) is 40.5. The number of carbonyl (C=O) groups is 2. The van der Waals surface area contributed by atoms with Crippen molar-refractivity contribution in [2.45, 2.75) is 12.0 Å². The summed E-state index contributed by atoms with van der Waals surface area (Å²) >= 11 is 5.81. The minimum absolute atomic E-state index is 0.0355. The topological polar surface area (TPSA) is 233 Å². The first-order chi connectivity index (χ1) is 27.7. The predicted molar refractivity (Wildman–Crippen MR) is 207 cm³/mol. The van der Waals surface area contributed by atoms with Crippen LogP contribution >= 0.6 is 12.2 Å². The molecule has 3 aromatic rings. The molecule has 0 amide bonds. The van der Waals surface area contributed by atoms with Crippen molar-refractivity contribution < 1.29 is 62.8 Å². The highest BCUT2D eigenvalue weighted by Crippen LogP contribution is 2.57. The maximum absolute atomic E-state index is 13.6. The molecular weight excluding hydrogens is 767 g/mol. The van der Waals surface area contributed by atoms with E-state index in [2.05, 4.69) is 15.3 Å². The third-order valence-electron chi connectivity index (χ3n) is 8.67. The second-order valence-corrected chi connectivity index (χ2v) is 12.9. The molecular formula is C38H45N5O13S. The van der Waals surface area contributed by atoms with Crippen LogP contribution in [0, 0.1) is 0 Å². The first-order valence-corrected chi connectivity index (χ1v) is 18.6. The Hall–Kier alpha value is -5.24. The van der Waals surface area contributed by atoms with Crippen LogP contribution in [0.15, 0.2) is 59.7 Å². The summed E-state index contributed by atoms with van der Waals surface area (Å²) in [6, 6.07) is 14.4. The number of phenols is 2. The van der Waals surface area contributed by atoms with Gasteiger partial charge in [0, 0.05) is 59.1 Å². The molecule has 0 saturated heterocycles. The molecule has 0 atom stereocenters. The van der Waals surface area contributed by atoms with Gasteiger partial charge in [-0.1, -0.05) is 11.2 Å². The number of benzene rings is 3. The van der Waals surface area contributed by atoms with Crippen molar-refractivity contribution in [1.29, 1.82) is 0 Å². The van der Waals surface area contributed by atoms with Crippen molar-refractivity contribution in [3.05, 3.63) is 87.3 Å². The molecule has 2 aliphatic heterocycles. The summed E-state index contributed by atoms with van der Waals surface area (Å²) in [7, 11) is 0. The van der Waals surface area contributed by atoms with Crippen molar-refractivity contribution in [1.82, 2.24) is 4.90 Å². The maximum atomic E-state index is 13.6. The monoisotopic (exact) mass is 811 g/mol. The Bertz CT molecular complexity index is 1840. The lowest BCUT2D eigenvalue weighted by Crippen LogP contribution is -2.39. The van der Waals surface area contributed by atoms with E-state index in [4.69, 9.17) is 60.8 Å². The number of fused-ring (bicyclic) bond motifs is 6. The van der Waals surface area contributed by atoms with Gasteiger partial charge in [-0.3, -0.25) is 4.79 Å². The number of ether oxygens (including phenoxy) is 8. The van der Waals surface area contributed by atoms with Gasteiger partial charge in [0.1, 0.15) is 23.0 Å². The van der Waals surface area contributed by atoms with Crippen LogP contribution in [0.1, 0.15) is 33.5 Å².